The molecule has 88 valence electrons. The summed E-state index contributed by atoms with van der Waals surface area (Å²) in [6, 6.07) is 4.14. The fraction of sp³-hybridized carbons (Fsp3) is 0.545. The van der Waals surface area contributed by atoms with Gasteiger partial charge in [-0.3, -0.25) is 4.79 Å². The lowest BCUT2D eigenvalue weighted by atomic mass is 10.00. The van der Waals surface area contributed by atoms with Crippen molar-refractivity contribution < 1.29 is 9.53 Å². The van der Waals surface area contributed by atoms with Crippen LogP contribution in [0.3, 0.4) is 0 Å². The predicted octanol–water partition coefficient (Wildman–Crippen LogP) is 2.26. The van der Waals surface area contributed by atoms with Gasteiger partial charge in [0.2, 0.25) is 0 Å². The van der Waals surface area contributed by atoms with Gasteiger partial charge in [-0.15, -0.1) is 23.1 Å². The van der Waals surface area contributed by atoms with Crippen molar-refractivity contribution in [1.29, 1.82) is 0 Å². The van der Waals surface area contributed by atoms with Crippen LogP contribution >= 0.6 is 23.1 Å². The summed E-state index contributed by atoms with van der Waals surface area (Å²) in [6.45, 7) is 0. The van der Waals surface area contributed by atoms with Gasteiger partial charge < -0.3 is 10.5 Å². The summed E-state index contributed by atoms with van der Waals surface area (Å²) >= 11 is 3.55. The number of ether oxygens (including phenoxy) is 1. The standard InChI is InChI=1S/C11H15NO2S2/c1-14-10(13)11(12)5-4-8(7-11)16-9-3-2-6-15-9/h2-3,6,8H,4-5,7,12H2,1H3. The number of thioether (sulfide) groups is 1. The molecule has 3 nitrogen and oxygen atoms in total. The molecule has 2 N–H and O–H groups in total. The fourth-order valence-corrected chi connectivity index (χ4v) is 4.36. The molecule has 0 bridgehead atoms. The van der Waals surface area contributed by atoms with Crippen LogP contribution in [-0.2, 0) is 9.53 Å². The maximum Gasteiger partial charge on any atom is 0.325 e. The summed E-state index contributed by atoms with van der Waals surface area (Å²) < 4.78 is 6.04. The van der Waals surface area contributed by atoms with Gasteiger partial charge in [-0.1, -0.05) is 6.07 Å². The van der Waals surface area contributed by atoms with E-state index in [0.29, 0.717) is 11.7 Å². The first-order valence-corrected chi connectivity index (χ1v) is 6.97. The molecular weight excluding hydrogens is 242 g/mol. The molecule has 0 spiro atoms. The van der Waals surface area contributed by atoms with Gasteiger partial charge in [0, 0.05) is 5.25 Å². The maximum atomic E-state index is 11.5. The molecule has 0 aliphatic heterocycles. The molecule has 2 atom stereocenters. The van der Waals surface area contributed by atoms with Gasteiger partial charge in [0.15, 0.2) is 0 Å². The zero-order valence-electron chi connectivity index (χ0n) is 9.14. The van der Waals surface area contributed by atoms with Crippen molar-refractivity contribution in [2.75, 3.05) is 7.11 Å². The van der Waals surface area contributed by atoms with E-state index in [2.05, 4.69) is 11.4 Å². The van der Waals surface area contributed by atoms with Crippen LogP contribution in [0.1, 0.15) is 19.3 Å². The smallest absolute Gasteiger partial charge is 0.325 e. The summed E-state index contributed by atoms with van der Waals surface area (Å²) in [4.78, 5) is 11.5. The number of hydrogen-bond acceptors (Lipinski definition) is 5. The first kappa shape index (κ1) is 12.0. The normalized spacial score (nSPS) is 29.2. The molecule has 1 fully saturated rings. The highest BCUT2D eigenvalue weighted by molar-refractivity contribution is 8.01. The molecule has 1 heterocycles. The van der Waals surface area contributed by atoms with Gasteiger partial charge in [0.25, 0.3) is 0 Å². The van der Waals surface area contributed by atoms with Crippen molar-refractivity contribution in [3.63, 3.8) is 0 Å². The zero-order chi connectivity index (χ0) is 11.6. The zero-order valence-corrected chi connectivity index (χ0v) is 10.8. The number of thiophene rings is 1. The second-order valence-electron chi connectivity index (χ2n) is 4.06. The van der Waals surface area contributed by atoms with Crippen molar-refractivity contribution in [2.45, 2.75) is 34.3 Å². The largest absolute Gasteiger partial charge is 0.468 e. The highest BCUT2D eigenvalue weighted by atomic mass is 32.2. The third kappa shape index (κ3) is 2.42. The van der Waals surface area contributed by atoms with Crippen LogP contribution in [-0.4, -0.2) is 23.9 Å². The minimum atomic E-state index is -0.760. The number of carbonyl (C=O) groups is 1. The minimum Gasteiger partial charge on any atom is -0.468 e. The molecule has 0 aromatic carbocycles. The van der Waals surface area contributed by atoms with E-state index in [1.165, 1.54) is 11.3 Å². The van der Waals surface area contributed by atoms with Crippen molar-refractivity contribution in [2.24, 2.45) is 5.73 Å². The lowest BCUT2D eigenvalue weighted by Crippen LogP contribution is -2.46. The number of hydrogen-bond donors (Lipinski definition) is 1. The van der Waals surface area contributed by atoms with Crippen LogP contribution in [0.25, 0.3) is 0 Å². The molecular formula is C11H15NO2S2. The molecule has 1 aromatic rings. The summed E-state index contributed by atoms with van der Waals surface area (Å²) in [5, 5.41) is 2.50. The van der Waals surface area contributed by atoms with Crippen LogP contribution in [0.5, 0.6) is 0 Å². The molecule has 1 aliphatic carbocycles. The van der Waals surface area contributed by atoms with Crippen LogP contribution in [0, 0.1) is 0 Å². The van der Waals surface area contributed by atoms with Crippen LogP contribution in [0.15, 0.2) is 21.7 Å². The molecule has 5 heteroatoms. The van der Waals surface area contributed by atoms with Crippen molar-refractivity contribution in [3.8, 4) is 0 Å². The van der Waals surface area contributed by atoms with E-state index >= 15 is 0 Å². The Morgan fingerprint density at radius 1 is 1.75 bits per heavy atom. The Hall–Kier alpha value is -0.520. The molecule has 16 heavy (non-hydrogen) atoms. The van der Waals surface area contributed by atoms with E-state index in [9.17, 15) is 4.79 Å². The van der Waals surface area contributed by atoms with Crippen LogP contribution in [0.2, 0.25) is 0 Å². The van der Waals surface area contributed by atoms with Gasteiger partial charge in [-0.25, -0.2) is 0 Å². The quantitative estimate of drug-likeness (QED) is 0.844. The van der Waals surface area contributed by atoms with E-state index in [4.69, 9.17) is 10.5 Å². The lowest BCUT2D eigenvalue weighted by molar-refractivity contribution is -0.146. The Morgan fingerprint density at radius 2 is 2.56 bits per heavy atom. The highest BCUT2D eigenvalue weighted by Gasteiger charge is 2.43. The lowest BCUT2D eigenvalue weighted by Gasteiger charge is -2.20. The summed E-state index contributed by atoms with van der Waals surface area (Å²) in [6.07, 6.45) is 2.42. The highest BCUT2D eigenvalue weighted by Crippen LogP contribution is 2.40. The fourth-order valence-electron chi connectivity index (χ4n) is 2.01. The van der Waals surface area contributed by atoms with Crippen LogP contribution < -0.4 is 5.73 Å². The molecule has 1 aliphatic rings. The van der Waals surface area contributed by atoms with E-state index < -0.39 is 5.54 Å². The van der Waals surface area contributed by atoms with Gasteiger partial charge in [-0.2, -0.15) is 0 Å². The molecule has 0 saturated heterocycles. The van der Waals surface area contributed by atoms with E-state index in [1.54, 1.807) is 11.3 Å². The van der Waals surface area contributed by atoms with Crippen molar-refractivity contribution >= 4 is 29.1 Å². The van der Waals surface area contributed by atoms with Gasteiger partial charge in [-0.05, 0) is 30.7 Å². The summed E-state index contributed by atoms with van der Waals surface area (Å²) in [5.74, 6) is -0.276. The van der Waals surface area contributed by atoms with Gasteiger partial charge in [0.05, 0.1) is 11.3 Å². The second-order valence-corrected chi connectivity index (χ2v) is 6.61. The topological polar surface area (TPSA) is 52.3 Å². The summed E-state index contributed by atoms with van der Waals surface area (Å²) in [7, 11) is 1.40. The first-order chi connectivity index (χ1) is 7.64. The Morgan fingerprint density at radius 3 is 3.19 bits per heavy atom. The van der Waals surface area contributed by atoms with Gasteiger partial charge in [0.1, 0.15) is 5.54 Å². The SMILES string of the molecule is COC(=O)C1(N)CCC(Sc2cccs2)C1. The van der Waals surface area contributed by atoms with E-state index in [-0.39, 0.29) is 5.97 Å². The summed E-state index contributed by atoms with van der Waals surface area (Å²) in [5.41, 5.74) is 5.29. The maximum absolute atomic E-state index is 11.5. The van der Waals surface area contributed by atoms with Crippen molar-refractivity contribution in [1.82, 2.24) is 0 Å². The number of nitrogens with two attached hydrogens (primary N) is 1. The first-order valence-electron chi connectivity index (χ1n) is 5.21. The Kier molecular flexibility index (Phi) is 3.56. The molecule has 2 unspecified atom stereocenters. The Balaban J connectivity index is 1.95. The number of carbonyl (C=O) groups excluding carboxylic acids is 1. The Labute approximate surface area is 103 Å². The monoisotopic (exact) mass is 257 g/mol. The van der Waals surface area contributed by atoms with E-state index in [0.717, 1.165) is 12.8 Å². The average Bonchev–Trinajstić information content (AvgIpc) is 2.89. The third-order valence-electron chi connectivity index (χ3n) is 2.87. The number of esters is 1. The Bertz CT molecular complexity index is 366. The third-order valence-corrected chi connectivity index (χ3v) is 5.22. The molecule has 2 rings (SSSR count). The van der Waals surface area contributed by atoms with Crippen LogP contribution in [0.4, 0.5) is 0 Å². The number of rotatable bonds is 3. The predicted molar refractivity (Wildman–Crippen MR) is 66.7 cm³/mol. The minimum absolute atomic E-state index is 0.276. The second kappa shape index (κ2) is 4.77. The molecule has 1 aromatic heterocycles. The van der Waals surface area contributed by atoms with Gasteiger partial charge >= 0.3 is 5.97 Å². The average molecular weight is 257 g/mol. The molecule has 1 saturated carbocycles. The van der Waals surface area contributed by atoms with E-state index in [1.807, 2.05) is 17.8 Å². The molecule has 0 amide bonds. The van der Waals surface area contributed by atoms with Crippen molar-refractivity contribution in [3.05, 3.63) is 17.5 Å². The molecule has 0 radical (unpaired) electrons. The number of methoxy groups -OCH3 is 1.